The van der Waals surface area contributed by atoms with Crippen molar-refractivity contribution in [1.82, 2.24) is 14.9 Å². The Morgan fingerprint density at radius 2 is 2.00 bits per heavy atom. The van der Waals surface area contributed by atoms with Gasteiger partial charge in [0.1, 0.15) is 0 Å². The molecule has 1 saturated carbocycles. The Morgan fingerprint density at radius 3 is 2.77 bits per heavy atom. The summed E-state index contributed by atoms with van der Waals surface area (Å²) >= 11 is 0. The van der Waals surface area contributed by atoms with Gasteiger partial charge in [0, 0.05) is 25.3 Å². The number of nitrogens with zero attached hydrogens (tertiary/aromatic N) is 4. The lowest BCUT2D eigenvalue weighted by atomic mass is 10.0. The van der Waals surface area contributed by atoms with Gasteiger partial charge in [-0.2, -0.15) is 0 Å². The van der Waals surface area contributed by atoms with E-state index in [0.29, 0.717) is 18.5 Å². The van der Waals surface area contributed by atoms with E-state index in [-0.39, 0.29) is 5.91 Å². The fourth-order valence-corrected chi connectivity index (χ4v) is 4.13. The maximum atomic E-state index is 12.6. The van der Waals surface area contributed by atoms with Crippen LogP contribution in [0.1, 0.15) is 61.5 Å². The molecule has 1 atom stereocenters. The van der Waals surface area contributed by atoms with E-state index in [1.165, 1.54) is 25.7 Å². The quantitative estimate of drug-likeness (QED) is 0.842. The van der Waals surface area contributed by atoms with Crippen LogP contribution in [0.15, 0.2) is 6.20 Å². The fraction of sp³-hybridized carbons (Fsp3) is 0.706. The number of anilines is 1. The van der Waals surface area contributed by atoms with Crippen LogP contribution >= 0.6 is 0 Å². The number of piperidine rings is 1. The number of amides is 1. The second kappa shape index (κ2) is 5.52. The summed E-state index contributed by atoms with van der Waals surface area (Å²) < 4.78 is 0. The van der Waals surface area contributed by atoms with Crippen molar-refractivity contribution in [3.05, 3.63) is 17.5 Å². The number of carbonyl (C=O) groups is 1. The van der Waals surface area contributed by atoms with E-state index in [2.05, 4.69) is 16.8 Å². The van der Waals surface area contributed by atoms with Crippen LogP contribution in [0.25, 0.3) is 0 Å². The summed E-state index contributed by atoms with van der Waals surface area (Å²) in [6.07, 6.45) is 9.02. The second-order valence-corrected chi connectivity index (χ2v) is 7.10. The highest BCUT2D eigenvalue weighted by molar-refractivity contribution is 5.97. The van der Waals surface area contributed by atoms with Crippen LogP contribution in [0, 0.1) is 5.92 Å². The Labute approximate surface area is 131 Å². The molecule has 1 saturated heterocycles. The molecule has 2 fully saturated rings. The molecule has 1 aliphatic carbocycles. The van der Waals surface area contributed by atoms with E-state index in [0.717, 1.165) is 43.1 Å². The van der Waals surface area contributed by atoms with Gasteiger partial charge in [-0.3, -0.25) is 4.79 Å². The van der Waals surface area contributed by atoms with Gasteiger partial charge < -0.3 is 9.80 Å². The van der Waals surface area contributed by atoms with Crippen molar-refractivity contribution >= 4 is 11.9 Å². The first-order valence-electron chi connectivity index (χ1n) is 8.64. The summed E-state index contributed by atoms with van der Waals surface area (Å²) in [6.45, 7) is 5.02. The van der Waals surface area contributed by atoms with Crippen molar-refractivity contribution in [3.63, 3.8) is 0 Å². The average Bonchev–Trinajstić information content (AvgIpc) is 3.15. The SMILES string of the molecule is C[C@H]1CCCN(c2ncc3c(n2)CN(C2CCCC2)C3=O)C1. The van der Waals surface area contributed by atoms with E-state index >= 15 is 0 Å². The number of carbonyl (C=O) groups excluding carboxylic acids is 1. The topological polar surface area (TPSA) is 49.3 Å². The Kier molecular flexibility index (Phi) is 3.51. The Morgan fingerprint density at radius 1 is 1.18 bits per heavy atom. The minimum atomic E-state index is 0.139. The smallest absolute Gasteiger partial charge is 0.257 e. The maximum absolute atomic E-state index is 12.6. The molecular weight excluding hydrogens is 276 g/mol. The predicted octanol–water partition coefficient (Wildman–Crippen LogP) is 2.61. The zero-order valence-corrected chi connectivity index (χ0v) is 13.3. The van der Waals surface area contributed by atoms with Crippen LogP contribution in [0.5, 0.6) is 0 Å². The summed E-state index contributed by atoms with van der Waals surface area (Å²) in [5, 5.41) is 0. The molecule has 3 heterocycles. The third-order valence-electron chi connectivity index (χ3n) is 5.37. The molecule has 0 bridgehead atoms. The zero-order chi connectivity index (χ0) is 15.1. The molecule has 0 spiro atoms. The highest BCUT2D eigenvalue weighted by Crippen LogP contribution is 2.31. The molecule has 0 N–H and O–H groups in total. The molecule has 3 aliphatic rings. The van der Waals surface area contributed by atoms with Gasteiger partial charge in [-0.1, -0.05) is 19.8 Å². The minimum Gasteiger partial charge on any atom is -0.341 e. The molecule has 1 aromatic heterocycles. The fourth-order valence-electron chi connectivity index (χ4n) is 4.13. The molecule has 1 aromatic rings. The molecule has 0 unspecified atom stereocenters. The predicted molar refractivity (Wildman–Crippen MR) is 84.8 cm³/mol. The van der Waals surface area contributed by atoms with Gasteiger partial charge in [0.2, 0.25) is 5.95 Å². The summed E-state index contributed by atoms with van der Waals surface area (Å²) in [6, 6.07) is 0.417. The molecule has 5 heteroatoms. The summed E-state index contributed by atoms with van der Waals surface area (Å²) in [5.41, 5.74) is 1.65. The van der Waals surface area contributed by atoms with Crippen LogP contribution in [0.3, 0.4) is 0 Å². The molecule has 2 aliphatic heterocycles. The van der Waals surface area contributed by atoms with Crippen LogP contribution < -0.4 is 4.90 Å². The van der Waals surface area contributed by atoms with Crippen LogP contribution in [0.4, 0.5) is 5.95 Å². The number of hydrogen-bond acceptors (Lipinski definition) is 4. The van der Waals surface area contributed by atoms with E-state index in [1.807, 2.05) is 4.90 Å². The first kappa shape index (κ1) is 14.0. The summed E-state index contributed by atoms with van der Waals surface area (Å²) in [4.78, 5) is 26.1. The first-order chi connectivity index (χ1) is 10.7. The van der Waals surface area contributed by atoms with Crippen molar-refractivity contribution in [2.24, 2.45) is 5.92 Å². The number of aromatic nitrogens is 2. The first-order valence-corrected chi connectivity index (χ1v) is 8.64. The maximum Gasteiger partial charge on any atom is 0.257 e. The van der Waals surface area contributed by atoms with Crippen molar-refractivity contribution < 1.29 is 4.79 Å². The summed E-state index contributed by atoms with van der Waals surface area (Å²) in [7, 11) is 0. The molecular formula is C17H24N4O. The highest BCUT2D eigenvalue weighted by atomic mass is 16.2. The Balaban J connectivity index is 1.56. The molecule has 0 aromatic carbocycles. The van der Waals surface area contributed by atoms with Crippen LogP contribution in [-0.2, 0) is 6.54 Å². The third-order valence-corrected chi connectivity index (χ3v) is 5.37. The van der Waals surface area contributed by atoms with Gasteiger partial charge in [0.05, 0.1) is 17.8 Å². The van der Waals surface area contributed by atoms with Crippen LogP contribution in [-0.4, -0.2) is 39.9 Å². The minimum absolute atomic E-state index is 0.139. The number of hydrogen-bond donors (Lipinski definition) is 0. The van der Waals surface area contributed by atoms with Crippen molar-refractivity contribution in [1.29, 1.82) is 0 Å². The Hall–Kier alpha value is -1.65. The largest absolute Gasteiger partial charge is 0.341 e. The Bertz CT molecular complexity index is 582. The number of rotatable bonds is 2. The van der Waals surface area contributed by atoms with E-state index in [1.54, 1.807) is 6.20 Å². The molecule has 118 valence electrons. The van der Waals surface area contributed by atoms with Crippen LogP contribution in [0.2, 0.25) is 0 Å². The van der Waals surface area contributed by atoms with Gasteiger partial charge in [-0.05, 0) is 31.6 Å². The summed E-state index contributed by atoms with van der Waals surface area (Å²) in [5.74, 6) is 1.65. The molecule has 0 radical (unpaired) electrons. The van der Waals surface area contributed by atoms with Gasteiger partial charge in [-0.25, -0.2) is 9.97 Å². The highest BCUT2D eigenvalue weighted by Gasteiger charge is 2.35. The molecule has 4 rings (SSSR count). The lowest BCUT2D eigenvalue weighted by Crippen LogP contribution is -2.35. The third kappa shape index (κ3) is 2.36. The molecule has 22 heavy (non-hydrogen) atoms. The number of fused-ring (bicyclic) bond motifs is 1. The van der Waals surface area contributed by atoms with Gasteiger partial charge in [0.25, 0.3) is 5.91 Å². The van der Waals surface area contributed by atoms with Gasteiger partial charge >= 0.3 is 0 Å². The van der Waals surface area contributed by atoms with E-state index < -0.39 is 0 Å². The lowest BCUT2D eigenvalue weighted by Gasteiger charge is -2.30. The van der Waals surface area contributed by atoms with Gasteiger partial charge in [-0.15, -0.1) is 0 Å². The standard InChI is InChI=1S/C17H24N4O/c1-12-5-4-8-20(10-12)17-18-9-14-15(19-17)11-21(16(14)22)13-6-2-3-7-13/h9,12-13H,2-8,10-11H2,1H3/t12-/m0/s1. The molecule has 5 nitrogen and oxygen atoms in total. The monoisotopic (exact) mass is 300 g/mol. The second-order valence-electron chi connectivity index (χ2n) is 7.10. The van der Waals surface area contributed by atoms with E-state index in [9.17, 15) is 4.79 Å². The lowest BCUT2D eigenvalue weighted by molar-refractivity contribution is 0.0706. The van der Waals surface area contributed by atoms with Crippen molar-refractivity contribution in [3.8, 4) is 0 Å². The molecule has 1 amide bonds. The van der Waals surface area contributed by atoms with Crippen molar-refractivity contribution in [2.75, 3.05) is 18.0 Å². The normalized spacial score (nSPS) is 25.9. The zero-order valence-electron chi connectivity index (χ0n) is 13.3. The van der Waals surface area contributed by atoms with E-state index in [4.69, 9.17) is 4.98 Å². The average molecular weight is 300 g/mol. The van der Waals surface area contributed by atoms with Gasteiger partial charge in [0.15, 0.2) is 0 Å². The van der Waals surface area contributed by atoms with Crippen molar-refractivity contribution in [2.45, 2.75) is 58.0 Å².